The molecule has 0 bridgehead atoms. The average Bonchev–Trinajstić information content (AvgIpc) is 2.81. The van der Waals surface area contributed by atoms with Crippen LogP contribution in [0.2, 0.25) is 0 Å². The van der Waals surface area contributed by atoms with E-state index in [2.05, 4.69) is 16.2 Å². The number of amides is 3. The molecule has 0 aromatic heterocycles. The SMILES string of the molecule is CCN(CC)S(=O)(=O)c1cccc(C(=O)NNC(=O)[C@@H](NC(=O)C2CCCCC2)C(C)C)c1. The van der Waals surface area contributed by atoms with Crippen molar-refractivity contribution in [3.05, 3.63) is 29.8 Å². The first kappa shape index (κ1) is 26.8. The first-order valence-electron chi connectivity index (χ1n) is 11.6. The number of benzene rings is 1. The Labute approximate surface area is 196 Å². The number of nitrogens with zero attached hydrogens (tertiary/aromatic N) is 1. The third-order valence-electron chi connectivity index (χ3n) is 5.96. The predicted molar refractivity (Wildman–Crippen MR) is 126 cm³/mol. The lowest BCUT2D eigenvalue weighted by Gasteiger charge is -2.26. The van der Waals surface area contributed by atoms with Gasteiger partial charge in [-0.15, -0.1) is 0 Å². The van der Waals surface area contributed by atoms with Crippen LogP contribution in [0.15, 0.2) is 29.2 Å². The zero-order chi connectivity index (χ0) is 24.6. The van der Waals surface area contributed by atoms with Crippen molar-refractivity contribution < 1.29 is 22.8 Å². The first-order chi connectivity index (χ1) is 15.6. The molecule has 1 aliphatic rings. The molecule has 1 aromatic carbocycles. The van der Waals surface area contributed by atoms with Crippen LogP contribution in [0, 0.1) is 11.8 Å². The fraction of sp³-hybridized carbons (Fsp3) is 0.609. The van der Waals surface area contributed by atoms with E-state index in [4.69, 9.17) is 0 Å². The molecule has 1 atom stereocenters. The maximum Gasteiger partial charge on any atom is 0.269 e. The summed E-state index contributed by atoms with van der Waals surface area (Å²) in [5, 5.41) is 2.82. The van der Waals surface area contributed by atoms with Gasteiger partial charge in [0.15, 0.2) is 0 Å². The number of hydrogen-bond acceptors (Lipinski definition) is 5. The maximum atomic E-state index is 12.7. The van der Waals surface area contributed by atoms with E-state index in [1.54, 1.807) is 13.8 Å². The fourth-order valence-corrected chi connectivity index (χ4v) is 5.45. The van der Waals surface area contributed by atoms with E-state index in [9.17, 15) is 22.8 Å². The van der Waals surface area contributed by atoms with E-state index in [-0.39, 0.29) is 28.2 Å². The van der Waals surface area contributed by atoms with E-state index in [0.29, 0.717) is 13.1 Å². The fourth-order valence-electron chi connectivity index (χ4n) is 3.95. The van der Waals surface area contributed by atoms with E-state index < -0.39 is 27.9 Å². The van der Waals surface area contributed by atoms with E-state index in [1.807, 2.05) is 13.8 Å². The van der Waals surface area contributed by atoms with Gasteiger partial charge >= 0.3 is 0 Å². The molecule has 0 spiro atoms. The normalized spacial score (nSPS) is 15.8. The molecule has 1 aromatic rings. The van der Waals surface area contributed by atoms with Crippen molar-refractivity contribution in [1.29, 1.82) is 0 Å². The van der Waals surface area contributed by atoms with Crippen LogP contribution in [0.25, 0.3) is 0 Å². The molecular weight excluding hydrogens is 444 g/mol. The Balaban J connectivity index is 2.03. The minimum atomic E-state index is -3.72. The summed E-state index contributed by atoms with van der Waals surface area (Å²) >= 11 is 0. The summed E-state index contributed by atoms with van der Waals surface area (Å²) < 4.78 is 26.7. The Kier molecular flexibility index (Phi) is 9.85. The van der Waals surface area contributed by atoms with Crippen molar-refractivity contribution in [2.24, 2.45) is 11.8 Å². The molecule has 10 heteroatoms. The van der Waals surface area contributed by atoms with E-state index in [1.165, 1.54) is 28.6 Å². The van der Waals surface area contributed by atoms with Gasteiger partial charge in [0.1, 0.15) is 6.04 Å². The monoisotopic (exact) mass is 480 g/mol. The lowest BCUT2D eigenvalue weighted by Crippen LogP contribution is -2.55. The van der Waals surface area contributed by atoms with Crippen molar-refractivity contribution in [3.8, 4) is 0 Å². The highest BCUT2D eigenvalue weighted by molar-refractivity contribution is 7.89. The Hall–Kier alpha value is -2.46. The molecule has 0 aliphatic heterocycles. The number of carbonyl (C=O) groups excluding carboxylic acids is 3. The minimum absolute atomic E-state index is 0.00461. The average molecular weight is 481 g/mol. The molecule has 0 radical (unpaired) electrons. The molecule has 1 fully saturated rings. The largest absolute Gasteiger partial charge is 0.344 e. The molecule has 3 N–H and O–H groups in total. The lowest BCUT2D eigenvalue weighted by molar-refractivity contribution is -0.133. The third-order valence-corrected chi connectivity index (χ3v) is 8.01. The molecule has 0 unspecified atom stereocenters. The van der Waals surface area contributed by atoms with E-state index in [0.717, 1.165) is 32.1 Å². The lowest BCUT2D eigenvalue weighted by atomic mass is 9.88. The Bertz CT molecular complexity index is 938. The van der Waals surface area contributed by atoms with Gasteiger partial charge in [-0.3, -0.25) is 25.2 Å². The van der Waals surface area contributed by atoms with Crippen molar-refractivity contribution in [2.45, 2.75) is 70.7 Å². The van der Waals surface area contributed by atoms with Crippen LogP contribution in [-0.4, -0.2) is 49.6 Å². The standard InChI is InChI=1S/C23H36N4O5S/c1-5-27(6-2)33(31,32)19-14-10-13-18(15-19)22(29)25-26-23(30)20(16(3)4)24-21(28)17-11-8-7-9-12-17/h10,13-17,20H,5-9,11-12H2,1-4H3,(H,24,28)(H,25,29)(H,26,30)/t20-/m0/s1. The number of hydrogen-bond donors (Lipinski definition) is 3. The van der Waals surface area contributed by atoms with Crippen molar-refractivity contribution in [3.63, 3.8) is 0 Å². The summed E-state index contributed by atoms with van der Waals surface area (Å²) in [6.45, 7) is 7.74. The summed E-state index contributed by atoms with van der Waals surface area (Å²) in [5.41, 5.74) is 4.78. The number of nitrogens with one attached hydrogen (secondary N) is 3. The van der Waals surface area contributed by atoms with Crippen LogP contribution >= 0.6 is 0 Å². The van der Waals surface area contributed by atoms with Gasteiger partial charge in [-0.2, -0.15) is 4.31 Å². The highest BCUT2D eigenvalue weighted by Crippen LogP contribution is 2.24. The highest BCUT2D eigenvalue weighted by atomic mass is 32.2. The highest BCUT2D eigenvalue weighted by Gasteiger charge is 2.29. The van der Waals surface area contributed by atoms with E-state index >= 15 is 0 Å². The summed E-state index contributed by atoms with van der Waals surface area (Å²) in [6, 6.07) is 4.86. The van der Waals surface area contributed by atoms with Crippen LogP contribution in [0.3, 0.4) is 0 Å². The molecule has 2 rings (SSSR count). The maximum absolute atomic E-state index is 12.7. The van der Waals surface area contributed by atoms with Gasteiger partial charge in [-0.05, 0) is 37.0 Å². The van der Waals surface area contributed by atoms with Crippen molar-refractivity contribution in [2.75, 3.05) is 13.1 Å². The quantitative estimate of drug-likeness (QED) is 0.467. The zero-order valence-electron chi connectivity index (χ0n) is 19.9. The molecular formula is C23H36N4O5S. The van der Waals surface area contributed by atoms with Crippen LogP contribution in [0.1, 0.15) is 70.2 Å². The van der Waals surface area contributed by atoms with Crippen molar-refractivity contribution >= 4 is 27.7 Å². The molecule has 3 amide bonds. The van der Waals surface area contributed by atoms with Gasteiger partial charge in [0.05, 0.1) is 4.90 Å². The van der Waals surface area contributed by atoms with Crippen LogP contribution < -0.4 is 16.2 Å². The van der Waals surface area contributed by atoms with Gasteiger partial charge < -0.3 is 5.32 Å². The summed E-state index contributed by atoms with van der Waals surface area (Å²) in [6.07, 6.45) is 4.79. The summed E-state index contributed by atoms with van der Waals surface area (Å²) in [7, 11) is -3.72. The Morgan fingerprint density at radius 2 is 1.67 bits per heavy atom. The molecule has 9 nitrogen and oxygen atoms in total. The first-order valence-corrected chi connectivity index (χ1v) is 13.1. The number of rotatable bonds is 9. The molecule has 184 valence electrons. The second kappa shape index (κ2) is 12.1. The second-order valence-electron chi connectivity index (χ2n) is 8.63. The summed E-state index contributed by atoms with van der Waals surface area (Å²) in [4.78, 5) is 37.8. The third kappa shape index (κ3) is 7.01. The van der Waals surface area contributed by atoms with Gasteiger partial charge in [0.25, 0.3) is 11.8 Å². The summed E-state index contributed by atoms with van der Waals surface area (Å²) in [5.74, 6) is -1.59. The molecule has 33 heavy (non-hydrogen) atoms. The topological polar surface area (TPSA) is 125 Å². The van der Waals surface area contributed by atoms with Gasteiger partial charge in [-0.25, -0.2) is 8.42 Å². The molecule has 0 heterocycles. The predicted octanol–water partition coefficient (Wildman–Crippen LogP) is 2.20. The molecule has 0 saturated heterocycles. The minimum Gasteiger partial charge on any atom is -0.344 e. The van der Waals surface area contributed by atoms with Crippen molar-refractivity contribution in [1.82, 2.24) is 20.5 Å². The number of carbonyl (C=O) groups is 3. The second-order valence-corrected chi connectivity index (χ2v) is 10.6. The van der Waals surface area contributed by atoms with Crippen LogP contribution in [0.5, 0.6) is 0 Å². The zero-order valence-corrected chi connectivity index (χ0v) is 20.7. The van der Waals surface area contributed by atoms with Crippen LogP contribution in [-0.2, 0) is 19.6 Å². The molecule has 1 saturated carbocycles. The Morgan fingerprint density at radius 1 is 1.03 bits per heavy atom. The van der Waals surface area contributed by atoms with Crippen LogP contribution in [0.4, 0.5) is 0 Å². The smallest absolute Gasteiger partial charge is 0.269 e. The Morgan fingerprint density at radius 3 is 2.24 bits per heavy atom. The molecule has 1 aliphatic carbocycles. The number of hydrazine groups is 1. The van der Waals surface area contributed by atoms with Gasteiger partial charge in [0.2, 0.25) is 15.9 Å². The number of sulfonamides is 1. The van der Waals surface area contributed by atoms with Gasteiger partial charge in [-0.1, -0.05) is 53.0 Å². The van der Waals surface area contributed by atoms with Gasteiger partial charge in [0, 0.05) is 24.6 Å².